The van der Waals surface area contributed by atoms with Crippen molar-refractivity contribution >= 4 is 16.1 Å². The van der Waals surface area contributed by atoms with Gasteiger partial charge in [0, 0.05) is 0 Å². The van der Waals surface area contributed by atoms with E-state index >= 15 is 0 Å². The molecule has 0 aromatic heterocycles. The largest absolute Gasteiger partial charge is 1.00 e. The molecule has 0 amide bonds. The molecule has 1 atom stereocenters. The molecule has 0 aliphatic rings. The Hall–Kier alpha value is 1.34. The van der Waals surface area contributed by atoms with E-state index < -0.39 is 21.5 Å². The van der Waals surface area contributed by atoms with Crippen LogP contribution in [0, 0.1) is 0 Å². The molecule has 0 saturated heterocycles. The Morgan fingerprint density at radius 3 is 1.64 bits per heavy atom. The van der Waals surface area contributed by atoms with Crippen LogP contribution >= 0.6 is 0 Å². The Balaban J connectivity index is -0.0000000533. The minimum Gasteiger partial charge on any atom is -1.00 e. The van der Waals surface area contributed by atoms with Crippen molar-refractivity contribution in [3.05, 3.63) is 0 Å². The van der Waals surface area contributed by atoms with Crippen LogP contribution in [0.25, 0.3) is 0 Å². The Morgan fingerprint density at radius 1 is 1.36 bits per heavy atom. The zero-order valence-electron chi connectivity index (χ0n) is 8.05. The van der Waals surface area contributed by atoms with Crippen LogP contribution in [0.4, 0.5) is 0 Å². The zero-order chi connectivity index (χ0) is 7.65. The van der Waals surface area contributed by atoms with Crippen molar-refractivity contribution in [2.24, 2.45) is 0 Å². The maximum Gasteiger partial charge on any atom is 1.00 e. The third-order valence-electron chi connectivity index (χ3n) is 0.493. The summed E-state index contributed by atoms with van der Waals surface area (Å²) >= 11 is 0. The number of carbonyl (C=O) groups is 1. The fourth-order valence-electron chi connectivity index (χ4n) is 0.127. The van der Waals surface area contributed by atoms with E-state index in [0.717, 1.165) is 0 Å². The molecule has 0 radical (unpaired) electrons. The summed E-state index contributed by atoms with van der Waals surface area (Å²) in [4.78, 5) is 9.56. The molecule has 0 heterocycles. The second kappa shape index (κ2) is 6.81. The van der Waals surface area contributed by atoms with Gasteiger partial charge in [-0.05, 0) is 0 Å². The molecule has 0 aliphatic heterocycles. The summed E-state index contributed by atoms with van der Waals surface area (Å²) in [6.07, 6.45) is 0. The molecule has 0 aromatic carbocycles. The number of hydrogen-bond acceptors (Lipinski definition) is 4. The number of aliphatic carboxylic acids is 1. The van der Waals surface area contributed by atoms with E-state index in [2.05, 4.69) is 0 Å². The van der Waals surface area contributed by atoms with Gasteiger partial charge in [-0.3, -0.25) is 4.55 Å². The molecular weight excluding hydrogens is 198 g/mol. The van der Waals surface area contributed by atoms with Crippen molar-refractivity contribution in [2.45, 2.75) is 5.44 Å². The van der Waals surface area contributed by atoms with Crippen molar-refractivity contribution in [2.75, 3.05) is 0 Å². The average molecular weight is 204 g/mol. The van der Waals surface area contributed by atoms with Crippen LogP contribution in [0.15, 0.2) is 0 Å². The minimum atomic E-state index is -4.85. The molecule has 0 rings (SSSR count). The zero-order valence-corrected chi connectivity index (χ0v) is 10.9. The first-order valence-electron chi connectivity index (χ1n) is 1.73. The minimum absolute atomic E-state index is 0. The molecule has 0 aliphatic carbocycles. The molecule has 58 valence electrons. The van der Waals surface area contributed by atoms with Crippen LogP contribution in [0.1, 0.15) is 2.85 Å². The first kappa shape index (κ1) is 18.2. The predicted molar refractivity (Wildman–Crippen MR) is 27.4 cm³/mol. The van der Waals surface area contributed by atoms with Crippen molar-refractivity contribution in [1.29, 1.82) is 0 Å². The fourth-order valence-corrected chi connectivity index (χ4v) is 0.382. The number of carboxylic acids is 1. The number of carboxylic acid groups (broad SMARTS) is 1. The fraction of sp³-hybridized carbons (Fsp3) is 0.500. The number of aliphatic hydroxyl groups excluding tert-OH is 1. The molecule has 0 bridgehead atoms. The average Bonchev–Trinajstić information content (AvgIpc) is 1.62. The maximum absolute atomic E-state index is 9.70. The number of hydrogen-bond donors (Lipinski definition) is 3. The van der Waals surface area contributed by atoms with Crippen LogP contribution in [-0.2, 0) is 14.9 Å². The summed E-state index contributed by atoms with van der Waals surface area (Å²) in [6, 6.07) is 0. The van der Waals surface area contributed by atoms with Gasteiger partial charge in [-0.1, -0.05) is 0 Å². The summed E-state index contributed by atoms with van der Waals surface area (Å²) in [5.41, 5.74) is -2.74. The van der Waals surface area contributed by atoms with Crippen molar-refractivity contribution in [1.82, 2.24) is 0 Å². The molecule has 0 fully saturated rings. The third-order valence-corrected chi connectivity index (χ3v) is 1.26. The van der Waals surface area contributed by atoms with Crippen molar-refractivity contribution in [3.8, 4) is 0 Å². The second-order valence-corrected chi connectivity index (χ2v) is 2.68. The molecule has 3 N–H and O–H groups in total. The summed E-state index contributed by atoms with van der Waals surface area (Å²) in [6.45, 7) is 0. The van der Waals surface area contributed by atoms with E-state index in [1.165, 1.54) is 0 Å². The van der Waals surface area contributed by atoms with E-state index in [1.807, 2.05) is 0 Å². The van der Waals surface area contributed by atoms with Crippen LogP contribution < -0.4 is 59.1 Å². The monoisotopic (exact) mass is 204 g/mol. The van der Waals surface area contributed by atoms with Gasteiger partial charge in [0.1, 0.15) is 0 Å². The number of rotatable bonds is 2. The van der Waals surface area contributed by atoms with Gasteiger partial charge in [-0.2, -0.15) is 8.42 Å². The Labute approximate surface area is 110 Å². The van der Waals surface area contributed by atoms with Gasteiger partial charge in [-0.25, -0.2) is 4.79 Å². The van der Waals surface area contributed by atoms with Crippen LogP contribution in [0.2, 0.25) is 0 Å². The van der Waals surface area contributed by atoms with E-state index in [0.29, 0.717) is 0 Å². The standard InChI is InChI=1S/C2H4O6S.2Na.2H/c3-1(4)2(5)9(6,7)8;;;;/h2,5H,(H,3,4)(H,6,7,8);;;;/q;2*+1;2*-1. The van der Waals surface area contributed by atoms with Crippen LogP contribution in [0.3, 0.4) is 0 Å². The van der Waals surface area contributed by atoms with Gasteiger partial charge in [0.05, 0.1) is 0 Å². The molecule has 9 heteroatoms. The predicted octanol–water partition coefficient (Wildman–Crippen LogP) is -7.49. The Kier molecular flexibility index (Phi) is 11.3. The molecule has 1 unspecified atom stereocenters. The topological polar surface area (TPSA) is 112 Å². The van der Waals surface area contributed by atoms with E-state index in [4.69, 9.17) is 14.8 Å². The second-order valence-electron chi connectivity index (χ2n) is 1.21. The van der Waals surface area contributed by atoms with Gasteiger partial charge in [0.15, 0.2) is 0 Å². The van der Waals surface area contributed by atoms with Gasteiger partial charge in [0.25, 0.3) is 5.44 Å². The maximum atomic E-state index is 9.70. The van der Waals surface area contributed by atoms with Gasteiger partial charge in [0.2, 0.25) is 0 Å². The SMILES string of the molecule is O=C(O)C(O)S(=O)(=O)O.[H-].[H-].[Na+].[Na+]. The number of aliphatic hydroxyl groups is 1. The quantitative estimate of drug-likeness (QED) is 0.304. The summed E-state index contributed by atoms with van der Waals surface area (Å²) in [5, 5.41) is 15.8. The Morgan fingerprint density at radius 2 is 1.64 bits per heavy atom. The third kappa shape index (κ3) is 7.69. The van der Waals surface area contributed by atoms with Crippen LogP contribution in [-0.4, -0.2) is 34.6 Å². The van der Waals surface area contributed by atoms with Gasteiger partial charge in [-0.15, -0.1) is 0 Å². The molecular formula is C2H6Na2O6S. The molecule has 0 aromatic rings. The molecule has 11 heavy (non-hydrogen) atoms. The first-order chi connectivity index (χ1) is 3.85. The molecule has 0 saturated carbocycles. The molecule has 0 spiro atoms. The summed E-state index contributed by atoms with van der Waals surface area (Å²) in [5.74, 6) is -2.00. The van der Waals surface area contributed by atoms with E-state index in [9.17, 15) is 13.2 Å². The summed E-state index contributed by atoms with van der Waals surface area (Å²) < 4.78 is 27.2. The smallest absolute Gasteiger partial charge is 1.00 e. The van der Waals surface area contributed by atoms with E-state index in [1.54, 1.807) is 0 Å². The van der Waals surface area contributed by atoms with E-state index in [-0.39, 0.29) is 62.0 Å². The molecule has 6 nitrogen and oxygen atoms in total. The summed E-state index contributed by atoms with van der Waals surface area (Å²) in [7, 11) is -4.85. The van der Waals surface area contributed by atoms with Crippen LogP contribution in [0.5, 0.6) is 0 Å². The first-order valence-corrected chi connectivity index (χ1v) is 3.23. The van der Waals surface area contributed by atoms with Crippen molar-refractivity contribution < 1.29 is 89.9 Å². The van der Waals surface area contributed by atoms with Gasteiger partial charge < -0.3 is 13.1 Å². The van der Waals surface area contributed by atoms with Gasteiger partial charge >= 0.3 is 75.2 Å². The normalized spacial score (nSPS) is 12.2. The van der Waals surface area contributed by atoms with Crippen molar-refractivity contribution in [3.63, 3.8) is 0 Å². The Bertz CT molecular complexity index is 217.